The summed E-state index contributed by atoms with van der Waals surface area (Å²) < 4.78 is 5.91. The number of rotatable bonds is 5. The van der Waals surface area contributed by atoms with Gasteiger partial charge in [0.05, 0.1) is 6.61 Å². The molecule has 0 aliphatic rings. The number of ether oxygens (including phenoxy) is 1. The highest BCUT2D eigenvalue weighted by Gasteiger charge is 2.21. The SMILES string of the molecule is CCOc1c(CCCN)cc(C)cc1C(C)(C)C. The molecule has 1 aromatic carbocycles. The molecular weight excluding hydrogens is 222 g/mol. The molecule has 2 nitrogen and oxygen atoms in total. The Kier molecular flexibility index (Phi) is 5.21. The first-order valence-electron chi connectivity index (χ1n) is 6.87. The zero-order valence-corrected chi connectivity index (χ0v) is 12.5. The summed E-state index contributed by atoms with van der Waals surface area (Å²) in [6.45, 7) is 12.3. The van der Waals surface area contributed by atoms with E-state index in [1.165, 1.54) is 16.7 Å². The van der Waals surface area contributed by atoms with Crippen LogP contribution in [0, 0.1) is 6.92 Å². The number of hydrogen-bond donors (Lipinski definition) is 1. The van der Waals surface area contributed by atoms with Gasteiger partial charge in [-0.15, -0.1) is 0 Å². The smallest absolute Gasteiger partial charge is 0.126 e. The van der Waals surface area contributed by atoms with Crippen LogP contribution in [0.25, 0.3) is 0 Å². The minimum Gasteiger partial charge on any atom is -0.493 e. The van der Waals surface area contributed by atoms with Crippen LogP contribution in [-0.4, -0.2) is 13.2 Å². The van der Waals surface area contributed by atoms with Crippen LogP contribution in [0.5, 0.6) is 5.75 Å². The average Bonchev–Trinajstić information content (AvgIpc) is 2.27. The van der Waals surface area contributed by atoms with Gasteiger partial charge in [0.2, 0.25) is 0 Å². The number of aryl methyl sites for hydroxylation is 2. The first-order valence-corrected chi connectivity index (χ1v) is 6.87. The molecule has 18 heavy (non-hydrogen) atoms. The Labute approximate surface area is 112 Å². The molecule has 0 unspecified atom stereocenters. The second kappa shape index (κ2) is 6.24. The van der Waals surface area contributed by atoms with E-state index in [4.69, 9.17) is 10.5 Å². The molecule has 1 rings (SSSR count). The van der Waals surface area contributed by atoms with Gasteiger partial charge < -0.3 is 10.5 Å². The predicted octanol–water partition coefficient (Wildman–Crippen LogP) is 3.58. The molecule has 0 amide bonds. The van der Waals surface area contributed by atoms with Gasteiger partial charge in [0.25, 0.3) is 0 Å². The standard InChI is InChI=1S/C16H27NO/c1-6-18-15-13(8-7-9-17)10-12(2)11-14(15)16(3,4)5/h10-11H,6-9,17H2,1-5H3. The fourth-order valence-electron chi connectivity index (χ4n) is 2.20. The molecule has 0 saturated carbocycles. The Morgan fingerprint density at radius 3 is 2.39 bits per heavy atom. The summed E-state index contributed by atoms with van der Waals surface area (Å²) in [7, 11) is 0. The van der Waals surface area contributed by atoms with Crippen LogP contribution in [0.1, 0.15) is 50.8 Å². The van der Waals surface area contributed by atoms with Crippen molar-refractivity contribution in [1.82, 2.24) is 0 Å². The molecule has 0 fully saturated rings. The van der Waals surface area contributed by atoms with E-state index in [0.717, 1.165) is 25.1 Å². The second-order valence-corrected chi connectivity index (χ2v) is 5.88. The summed E-state index contributed by atoms with van der Waals surface area (Å²) in [5.74, 6) is 1.07. The summed E-state index contributed by atoms with van der Waals surface area (Å²) in [4.78, 5) is 0. The van der Waals surface area contributed by atoms with E-state index < -0.39 is 0 Å². The van der Waals surface area contributed by atoms with Crippen LogP contribution in [0.15, 0.2) is 12.1 Å². The van der Waals surface area contributed by atoms with Gasteiger partial charge in [0.15, 0.2) is 0 Å². The zero-order valence-electron chi connectivity index (χ0n) is 12.5. The Morgan fingerprint density at radius 1 is 1.22 bits per heavy atom. The molecule has 0 spiro atoms. The summed E-state index contributed by atoms with van der Waals surface area (Å²) in [6, 6.07) is 4.48. The third-order valence-corrected chi connectivity index (χ3v) is 3.06. The lowest BCUT2D eigenvalue weighted by Crippen LogP contribution is -2.15. The van der Waals surface area contributed by atoms with Gasteiger partial charge in [-0.3, -0.25) is 0 Å². The Morgan fingerprint density at radius 2 is 1.89 bits per heavy atom. The lowest BCUT2D eigenvalue weighted by atomic mass is 9.83. The lowest BCUT2D eigenvalue weighted by molar-refractivity contribution is 0.325. The third-order valence-electron chi connectivity index (χ3n) is 3.06. The van der Waals surface area contributed by atoms with Crippen molar-refractivity contribution < 1.29 is 4.74 Å². The van der Waals surface area contributed by atoms with E-state index in [9.17, 15) is 0 Å². The molecule has 0 aliphatic carbocycles. The fourth-order valence-corrected chi connectivity index (χ4v) is 2.20. The van der Waals surface area contributed by atoms with E-state index in [1.807, 2.05) is 6.92 Å². The fraction of sp³-hybridized carbons (Fsp3) is 0.625. The normalized spacial score (nSPS) is 11.7. The number of nitrogens with two attached hydrogens (primary N) is 1. The van der Waals surface area contributed by atoms with E-state index in [2.05, 4.69) is 39.8 Å². The predicted molar refractivity (Wildman–Crippen MR) is 78.4 cm³/mol. The number of benzene rings is 1. The molecule has 2 N–H and O–H groups in total. The molecule has 0 bridgehead atoms. The Balaban J connectivity index is 3.26. The zero-order chi connectivity index (χ0) is 13.8. The maximum atomic E-state index is 5.91. The summed E-state index contributed by atoms with van der Waals surface area (Å²) in [5, 5.41) is 0. The van der Waals surface area contributed by atoms with Crippen LogP contribution in [0.3, 0.4) is 0 Å². The minimum atomic E-state index is 0.105. The van der Waals surface area contributed by atoms with Crippen LogP contribution in [0.4, 0.5) is 0 Å². The molecule has 1 aromatic rings. The van der Waals surface area contributed by atoms with E-state index >= 15 is 0 Å². The molecule has 2 heteroatoms. The van der Waals surface area contributed by atoms with Crippen LogP contribution >= 0.6 is 0 Å². The van der Waals surface area contributed by atoms with Gasteiger partial charge in [-0.2, -0.15) is 0 Å². The van der Waals surface area contributed by atoms with Crippen molar-refractivity contribution in [3.05, 3.63) is 28.8 Å². The maximum absolute atomic E-state index is 5.91. The first-order chi connectivity index (χ1) is 8.40. The molecule has 0 atom stereocenters. The minimum absolute atomic E-state index is 0.105. The highest BCUT2D eigenvalue weighted by molar-refractivity contribution is 5.48. The topological polar surface area (TPSA) is 35.2 Å². The second-order valence-electron chi connectivity index (χ2n) is 5.88. The van der Waals surface area contributed by atoms with E-state index in [1.54, 1.807) is 0 Å². The van der Waals surface area contributed by atoms with Crippen molar-refractivity contribution in [2.75, 3.05) is 13.2 Å². The molecule has 0 radical (unpaired) electrons. The molecule has 0 aliphatic heterocycles. The van der Waals surface area contributed by atoms with Gasteiger partial charge in [-0.25, -0.2) is 0 Å². The molecule has 102 valence electrons. The quantitative estimate of drug-likeness (QED) is 0.865. The largest absolute Gasteiger partial charge is 0.493 e. The average molecular weight is 249 g/mol. The first kappa shape index (κ1) is 15.0. The van der Waals surface area contributed by atoms with Gasteiger partial charge in [0.1, 0.15) is 5.75 Å². The van der Waals surface area contributed by atoms with Gasteiger partial charge in [0, 0.05) is 5.56 Å². The van der Waals surface area contributed by atoms with Crippen molar-refractivity contribution in [3.63, 3.8) is 0 Å². The monoisotopic (exact) mass is 249 g/mol. The molecule has 0 aromatic heterocycles. The Hall–Kier alpha value is -1.02. The van der Waals surface area contributed by atoms with Gasteiger partial charge in [-0.1, -0.05) is 38.5 Å². The molecular formula is C16H27NO. The van der Waals surface area contributed by atoms with Crippen molar-refractivity contribution in [3.8, 4) is 5.75 Å². The third kappa shape index (κ3) is 3.74. The highest BCUT2D eigenvalue weighted by atomic mass is 16.5. The van der Waals surface area contributed by atoms with E-state index in [-0.39, 0.29) is 5.41 Å². The van der Waals surface area contributed by atoms with Crippen molar-refractivity contribution in [1.29, 1.82) is 0 Å². The summed E-state index contributed by atoms with van der Waals surface area (Å²) >= 11 is 0. The highest BCUT2D eigenvalue weighted by Crippen LogP contribution is 2.35. The maximum Gasteiger partial charge on any atom is 0.126 e. The molecule has 0 saturated heterocycles. The van der Waals surface area contributed by atoms with Crippen molar-refractivity contribution in [2.45, 2.75) is 52.9 Å². The van der Waals surface area contributed by atoms with Crippen LogP contribution in [-0.2, 0) is 11.8 Å². The Bertz CT molecular complexity index is 391. The lowest BCUT2D eigenvalue weighted by Gasteiger charge is -2.25. The van der Waals surface area contributed by atoms with Crippen molar-refractivity contribution in [2.24, 2.45) is 5.73 Å². The molecule has 0 heterocycles. The van der Waals surface area contributed by atoms with Gasteiger partial charge >= 0.3 is 0 Å². The van der Waals surface area contributed by atoms with E-state index in [0.29, 0.717) is 6.61 Å². The number of hydrogen-bond acceptors (Lipinski definition) is 2. The van der Waals surface area contributed by atoms with Gasteiger partial charge in [-0.05, 0) is 44.2 Å². The van der Waals surface area contributed by atoms with Crippen LogP contribution < -0.4 is 10.5 Å². The van der Waals surface area contributed by atoms with Crippen molar-refractivity contribution >= 4 is 0 Å². The van der Waals surface area contributed by atoms with Crippen LogP contribution in [0.2, 0.25) is 0 Å². The summed E-state index contributed by atoms with van der Waals surface area (Å²) in [5.41, 5.74) is 9.63. The summed E-state index contributed by atoms with van der Waals surface area (Å²) in [6.07, 6.45) is 2.00.